The molecule has 0 spiro atoms. The minimum absolute atomic E-state index is 0.0440. The average Bonchev–Trinajstić information content (AvgIpc) is 3.31. The Kier molecular flexibility index (Phi) is 7.59. The molecule has 1 fully saturated rings. The highest BCUT2D eigenvalue weighted by Crippen LogP contribution is 2.46. The molecule has 2 aliphatic rings. The van der Waals surface area contributed by atoms with E-state index in [0.717, 1.165) is 45.5 Å². The molecule has 42 heavy (non-hydrogen) atoms. The van der Waals surface area contributed by atoms with Crippen molar-refractivity contribution in [3.05, 3.63) is 124 Å². The second kappa shape index (κ2) is 11.5. The van der Waals surface area contributed by atoms with Gasteiger partial charge in [-0.1, -0.05) is 42.5 Å². The van der Waals surface area contributed by atoms with Crippen LogP contribution in [0.5, 0.6) is 5.75 Å². The zero-order valence-corrected chi connectivity index (χ0v) is 23.5. The third-order valence-corrected chi connectivity index (χ3v) is 9.59. The highest BCUT2D eigenvalue weighted by atomic mass is 32.2. The molecule has 0 unspecified atom stereocenters. The van der Waals surface area contributed by atoms with E-state index < -0.39 is 15.8 Å². The number of benzene rings is 4. The minimum atomic E-state index is -3.67. The molecule has 214 valence electrons. The van der Waals surface area contributed by atoms with Gasteiger partial charge < -0.3 is 4.74 Å². The molecule has 10 heteroatoms. The molecular formula is C32H28FN3O5S. The predicted octanol–water partition coefficient (Wildman–Crippen LogP) is 5.69. The normalized spacial score (nSPS) is 16.3. The fourth-order valence-corrected chi connectivity index (χ4v) is 6.90. The summed E-state index contributed by atoms with van der Waals surface area (Å²) in [6, 6.07) is 25.5. The molecule has 0 bridgehead atoms. The second-order valence-corrected chi connectivity index (χ2v) is 12.1. The maximum absolute atomic E-state index is 13.2. The van der Waals surface area contributed by atoms with Crippen molar-refractivity contribution in [1.82, 2.24) is 9.21 Å². The van der Waals surface area contributed by atoms with Crippen molar-refractivity contribution < 1.29 is 22.5 Å². The van der Waals surface area contributed by atoms with Crippen LogP contribution in [0.1, 0.15) is 16.7 Å². The molecule has 4 aromatic rings. The van der Waals surface area contributed by atoms with Crippen molar-refractivity contribution in [2.45, 2.75) is 4.90 Å². The van der Waals surface area contributed by atoms with Gasteiger partial charge in [0.1, 0.15) is 18.2 Å². The van der Waals surface area contributed by atoms with E-state index in [0.29, 0.717) is 45.1 Å². The lowest BCUT2D eigenvalue weighted by Gasteiger charge is -2.33. The van der Waals surface area contributed by atoms with Gasteiger partial charge in [-0.15, -0.1) is 0 Å². The molecule has 1 aliphatic heterocycles. The lowest BCUT2D eigenvalue weighted by molar-refractivity contribution is -0.384. The Morgan fingerprint density at radius 1 is 0.833 bits per heavy atom. The van der Waals surface area contributed by atoms with Gasteiger partial charge in [-0.2, -0.15) is 4.31 Å². The van der Waals surface area contributed by atoms with E-state index in [1.165, 1.54) is 22.5 Å². The van der Waals surface area contributed by atoms with Gasteiger partial charge in [-0.3, -0.25) is 15.0 Å². The Hall–Kier alpha value is -4.38. The minimum Gasteiger partial charge on any atom is -0.492 e. The van der Waals surface area contributed by atoms with E-state index >= 15 is 0 Å². The highest BCUT2D eigenvalue weighted by molar-refractivity contribution is 7.89. The number of halogens is 1. The summed E-state index contributed by atoms with van der Waals surface area (Å²) in [7, 11) is -3.67. The number of sulfonamides is 1. The molecule has 1 heterocycles. The quantitative estimate of drug-likeness (QED) is 0.172. The number of hydrogen-bond acceptors (Lipinski definition) is 6. The molecular weight excluding hydrogens is 557 g/mol. The Morgan fingerprint density at radius 3 is 2.24 bits per heavy atom. The lowest BCUT2D eigenvalue weighted by Crippen LogP contribution is -2.49. The number of non-ortho nitro benzene ring substituents is 1. The van der Waals surface area contributed by atoms with Gasteiger partial charge in [0.2, 0.25) is 10.0 Å². The molecule has 0 amide bonds. The number of nitro groups is 1. The van der Waals surface area contributed by atoms with Gasteiger partial charge in [0.05, 0.1) is 9.82 Å². The number of hydrogen-bond donors (Lipinski definition) is 0. The van der Waals surface area contributed by atoms with Gasteiger partial charge in [-0.05, 0) is 70.3 Å². The fourth-order valence-electron chi connectivity index (χ4n) is 5.48. The van der Waals surface area contributed by atoms with E-state index in [1.807, 2.05) is 54.6 Å². The van der Waals surface area contributed by atoms with Crippen molar-refractivity contribution in [3.63, 3.8) is 0 Å². The summed E-state index contributed by atoms with van der Waals surface area (Å²) in [6.07, 6.45) is 2.02. The summed E-state index contributed by atoms with van der Waals surface area (Å²) in [4.78, 5) is 13.4. The van der Waals surface area contributed by atoms with Crippen molar-refractivity contribution >= 4 is 27.4 Å². The van der Waals surface area contributed by atoms with E-state index in [9.17, 15) is 22.9 Å². The number of fused-ring (bicyclic) bond motifs is 3. The molecule has 0 aromatic heterocycles. The van der Waals surface area contributed by atoms with E-state index in [4.69, 9.17) is 4.74 Å². The SMILES string of the molecule is O=[N+]([O-])c1ccc2c(c1)/C(=C/c1ccccc1OCCN1CCN(S(=O)(=O)c3ccc(F)cc3)CC1)c1ccccc1-2. The van der Waals surface area contributed by atoms with Gasteiger partial charge in [0.25, 0.3) is 5.69 Å². The molecule has 0 radical (unpaired) electrons. The largest absolute Gasteiger partial charge is 0.492 e. The van der Waals surface area contributed by atoms with Gasteiger partial charge in [0, 0.05) is 50.4 Å². The van der Waals surface area contributed by atoms with Crippen LogP contribution in [-0.4, -0.2) is 61.9 Å². The summed E-state index contributed by atoms with van der Waals surface area (Å²) >= 11 is 0. The summed E-state index contributed by atoms with van der Waals surface area (Å²) in [6.45, 7) is 2.82. The molecule has 1 saturated heterocycles. The number of ether oxygens (including phenoxy) is 1. The maximum Gasteiger partial charge on any atom is 0.270 e. The molecule has 0 N–H and O–H groups in total. The Labute approximate surface area is 243 Å². The van der Waals surface area contributed by atoms with Crippen LogP contribution >= 0.6 is 0 Å². The fraction of sp³-hybridized carbons (Fsp3) is 0.188. The zero-order chi connectivity index (χ0) is 29.3. The first-order chi connectivity index (χ1) is 20.3. The van der Waals surface area contributed by atoms with E-state index in [2.05, 4.69) is 4.90 Å². The van der Waals surface area contributed by atoms with Crippen LogP contribution in [0.25, 0.3) is 22.8 Å². The zero-order valence-electron chi connectivity index (χ0n) is 22.6. The van der Waals surface area contributed by atoms with Crippen LogP contribution in [0.15, 0.2) is 95.9 Å². The topological polar surface area (TPSA) is 93.0 Å². The smallest absolute Gasteiger partial charge is 0.270 e. The molecule has 4 aromatic carbocycles. The number of para-hydroxylation sites is 1. The van der Waals surface area contributed by atoms with Gasteiger partial charge in [0.15, 0.2) is 0 Å². The first-order valence-electron chi connectivity index (χ1n) is 13.6. The summed E-state index contributed by atoms with van der Waals surface area (Å²) in [5, 5.41) is 11.5. The van der Waals surface area contributed by atoms with E-state index in [-0.39, 0.29) is 15.5 Å². The van der Waals surface area contributed by atoms with Crippen LogP contribution in [0.4, 0.5) is 10.1 Å². The number of nitrogens with zero attached hydrogens (tertiary/aromatic N) is 3. The Balaban J connectivity index is 1.14. The first kappa shape index (κ1) is 27.8. The third-order valence-electron chi connectivity index (χ3n) is 7.68. The molecule has 1 aliphatic carbocycles. The molecule has 6 rings (SSSR count). The molecule has 0 atom stereocenters. The standard InChI is InChI=1S/C32H28FN3O5S/c33-24-9-12-26(13-10-24)42(39,40)35-17-15-34(16-18-35)19-20-41-32-8-4-1-5-23(32)21-30-28-7-3-2-6-27(28)29-14-11-25(36(37)38)22-31(29)30/h1-14,21-22H,15-20H2/b30-21+. The number of rotatable bonds is 8. The van der Waals surface area contributed by atoms with Crippen LogP contribution in [0, 0.1) is 15.9 Å². The Bertz CT molecular complexity index is 1780. The average molecular weight is 586 g/mol. The second-order valence-electron chi connectivity index (χ2n) is 10.2. The highest BCUT2D eigenvalue weighted by Gasteiger charge is 2.29. The maximum atomic E-state index is 13.2. The lowest BCUT2D eigenvalue weighted by atomic mass is 10.0. The molecule has 8 nitrogen and oxygen atoms in total. The first-order valence-corrected chi connectivity index (χ1v) is 15.1. The van der Waals surface area contributed by atoms with Crippen LogP contribution in [-0.2, 0) is 10.0 Å². The number of nitro benzene ring substituents is 1. The van der Waals surface area contributed by atoms with Gasteiger partial charge >= 0.3 is 0 Å². The van der Waals surface area contributed by atoms with Crippen molar-refractivity contribution in [2.24, 2.45) is 0 Å². The van der Waals surface area contributed by atoms with Gasteiger partial charge in [-0.25, -0.2) is 12.8 Å². The van der Waals surface area contributed by atoms with Crippen molar-refractivity contribution in [1.29, 1.82) is 0 Å². The Morgan fingerprint density at radius 2 is 1.50 bits per heavy atom. The summed E-state index contributed by atoms with van der Waals surface area (Å²) in [5.41, 5.74) is 5.62. The van der Waals surface area contributed by atoms with Crippen molar-refractivity contribution in [2.75, 3.05) is 39.3 Å². The molecule has 0 saturated carbocycles. The van der Waals surface area contributed by atoms with Crippen molar-refractivity contribution in [3.8, 4) is 16.9 Å². The van der Waals surface area contributed by atoms with E-state index in [1.54, 1.807) is 12.1 Å². The summed E-state index contributed by atoms with van der Waals surface area (Å²) < 4.78 is 46.7. The summed E-state index contributed by atoms with van der Waals surface area (Å²) in [5.74, 6) is 0.220. The number of piperazine rings is 1. The third kappa shape index (κ3) is 5.44. The predicted molar refractivity (Wildman–Crippen MR) is 159 cm³/mol. The van der Waals surface area contributed by atoms with Crippen LogP contribution < -0.4 is 4.74 Å². The van der Waals surface area contributed by atoms with Crippen LogP contribution in [0.2, 0.25) is 0 Å². The monoisotopic (exact) mass is 585 g/mol. The van der Waals surface area contributed by atoms with Crippen LogP contribution in [0.3, 0.4) is 0 Å².